The van der Waals surface area contributed by atoms with Gasteiger partial charge in [0.15, 0.2) is 46.5 Å². The van der Waals surface area contributed by atoms with Gasteiger partial charge in [-0.1, -0.05) is 0 Å². The predicted octanol–water partition coefficient (Wildman–Crippen LogP) is -2.99. The third-order valence-electron chi connectivity index (χ3n) is 6.32. The molecule has 0 radical (unpaired) electrons. The fraction of sp³-hybridized carbons (Fsp3) is 0. The van der Waals surface area contributed by atoms with E-state index in [2.05, 4.69) is 8.23 Å². The van der Waals surface area contributed by atoms with Gasteiger partial charge in [0.05, 0.1) is 10.4 Å². The molecule has 288 valence electrons. The summed E-state index contributed by atoms with van der Waals surface area (Å²) in [5.74, 6) is -28.7. The van der Waals surface area contributed by atoms with Crippen LogP contribution >= 0.6 is 0 Å². The predicted molar refractivity (Wildman–Crippen MR) is 165 cm³/mol. The maximum absolute atomic E-state index is 15.7. The lowest BCUT2D eigenvalue weighted by Gasteiger charge is -2.43. The van der Waals surface area contributed by atoms with Crippen molar-refractivity contribution in [2.45, 2.75) is 0 Å². The molecule has 0 saturated heterocycles. The first-order valence-electron chi connectivity index (χ1n) is 12.4. The van der Waals surface area contributed by atoms with Gasteiger partial charge in [0, 0.05) is 0 Å². The summed E-state index contributed by atoms with van der Waals surface area (Å²) in [5, 5.41) is -4.75. The van der Waals surface area contributed by atoms with Crippen molar-refractivity contribution in [3.8, 4) is 0 Å². The Morgan fingerprint density at radius 1 is 0.333 bits per heavy atom. The van der Waals surface area contributed by atoms with Crippen LogP contribution in [0.4, 0.5) is 70.2 Å². The molecule has 2 aromatic rings. The van der Waals surface area contributed by atoms with Crippen molar-refractivity contribution < 1.29 is 107 Å². The van der Waals surface area contributed by atoms with Crippen molar-refractivity contribution in [2.24, 2.45) is 0 Å². The average Bonchev–Trinajstić information content (AvgIpc) is 3.11. The molecule has 0 saturated carbocycles. The largest absolute Gasteiger partial charge is 0.547 e. The molecule has 0 heterocycles. The summed E-state index contributed by atoms with van der Waals surface area (Å²) in [6.45, 7) is 0. The molecule has 2 atom stereocenters. The highest BCUT2D eigenvalue weighted by atomic mass is 28.5. The summed E-state index contributed by atoms with van der Waals surface area (Å²) >= 11 is 0. The number of rotatable bonds is 16. The normalized spacial score (nSPS) is 16.9. The van der Waals surface area contributed by atoms with Crippen LogP contribution in [0.25, 0.3) is 0 Å². The molecule has 35 heteroatoms. The molecule has 0 bridgehead atoms. The molecule has 0 aliphatic rings. The van der Waals surface area contributed by atoms with E-state index in [4.69, 9.17) is 28.8 Å². The molecular formula is C16H18F16O9Si10. The van der Waals surface area contributed by atoms with Crippen LogP contribution in [0.15, 0.2) is 23.1 Å². The van der Waals surface area contributed by atoms with Crippen molar-refractivity contribution >= 4 is 109 Å². The molecule has 2 aromatic carbocycles. The van der Waals surface area contributed by atoms with E-state index in [0.29, 0.717) is 0 Å². The molecule has 0 spiro atoms. The minimum Gasteiger partial charge on any atom is -0.422 e. The van der Waals surface area contributed by atoms with Gasteiger partial charge in [-0.15, -0.1) is 0 Å². The van der Waals surface area contributed by atoms with E-state index < -0.39 is 190 Å². The Hall–Kier alpha value is -1.39. The molecule has 51 heavy (non-hydrogen) atoms. The first-order valence-corrected chi connectivity index (χ1v) is 24.2. The summed E-state index contributed by atoms with van der Waals surface area (Å²) in [7, 11) is -32.7. The number of hydrogen-bond acceptors (Lipinski definition) is 9. The summed E-state index contributed by atoms with van der Waals surface area (Å²) in [5.41, 5.74) is -6.03. The Kier molecular flexibility index (Phi) is 15.6. The van der Waals surface area contributed by atoms with Gasteiger partial charge in [-0.2, -0.15) is 17.6 Å². The number of benzene rings is 2. The Balaban J connectivity index is 3.31. The zero-order valence-corrected chi connectivity index (χ0v) is 41.7. The summed E-state index contributed by atoms with van der Waals surface area (Å²) < 4.78 is 277. The van der Waals surface area contributed by atoms with Crippen LogP contribution in [-0.2, 0) is 37.0 Å². The van der Waals surface area contributed by atoms with E-state index in [0.717, 1.165) is 0 Å². The third-order valence-corrected chi connectivity index (χ3v) is 29.2. The van der Waals surface area contributed by atoms with E-state index in [1.54, 1.807) is 0 Å². The smallest absolute Gasteiger partial charge is 0.422 e. The number of hydrogen-bond donors (Lipinski definition) is 0. The lowest BCUT2D eigenvalue weighted by molar-refractivity contribution is 0.142. The Bertz CT molecular complexity index is 1660. The van der Waals surface area contributed by atoms with Gasteiger partial charge in [-0.3, -0.25) is 0 Å². The topological polar surface area (TPSA) is 83.1 Å². The first-order chi connectivity index (χ1) is 23.5. The fourth-order valence-electron chi connectivity index (χ4n) is 3.91. The maximum Gasteiger partial charge on any atom is 0.547 e. The second-order valence-corrected chi connectivity index (χ2v) is 27.4. The Morgan fingerprint density at radius 2 is 0.569 bits per heavy atom. The van der Waals surface area contributed by atoms with Gasteiger partial charge in [-0.25, -0.2) is 52.7 Å². The lowest BCUT2D eigenvalue weighted by atomic mass is 10.3. The van der Waals surface area contributed by atoms with Crippen molar-refractivity contribution in [1.29, 1.82) is 0 Å². The zero-order chi connectivity index (χ0) is 39.6. The van der Waals surface area contributed by atoms with Gasteiger partial charge in [0.25, 0.3) is 0 Å². The molecule has 0 aliphatic carbocycles. The van der Waals surface area contributed by atoms with Crippen molar-refractivity contribution in [3.05, 3.63) is 81.2 Å². The van der Waals surface area contributed by atoms with E-state index in [1.807, 2.05) is 0 Å². The zero-order valence-electron chi connectivity index (χ0n) is 25.7. The molecule has 0 fully saturated rings. The van der Waals surface area contributed by atoms with Crippen LogP contribution in [0.3, 0.4) is 0 Å². The monoisotopic (exact) mass is 938 g/mol. The Labute approximate surface area is 296 Å². The van der Waals surface area contributed by atoms with E-state index in [1.165, 1.54) is 0 Å². The van der Waals surface area contributed by atoms with Crippen LogP contribution in [0.1, 0.15) is 0 Å². The lowest BCUT2D eigenvalue weighted by Crippen LogP contribution is -2.74. The highest BCUT2D eigenvalue weighted by Crippen LogP contribution is 2.37. The molecule has 0 aliphatic heterocycles. The molecule has 0 N–H and O–H groups in total. The van der Waals surface area contributed by atoms with Gasteiger partial charge >= 0.3 is 47.4 Å². The summed E-state index contributed by atoms with van der Waals surface area (Å²) in [4.78, 5) is 0. The van der Waals surface area contributed by atoms with Crippen molar-refractivity contribution in [2.75, 3.05) is 0 Å². The van der Waals surface area contributed by atoms with Crippen LogP contribution in [0.2, 0.25) is 0 Å². The minimum absolute atomic E-state index is 0.945. The van der Waals surface area contributed by atoms with E-state index in [9.17, 15) is 48.3 Å². The van der Waals surface area contributed by atoms with Crippen molar-refractivity contribution in [1.82, 2.24) is 0 Å². The Morgan fingerprint density at radius 3 is 0.843 bits per heavy atom. The third kappa shape index (κ3) is 8.04. The average molecular weight is 939 g/mol. The molecular weight excluding hydrogens is 921 g/mol. The van der Waals surface area contributed by atoms with Gasteiger partial charge in [0.1, 0.15) is 62.9 Å². The molecule has 2 unspecified atom stereocenters. The van der Waals surface area contributed by atoms with Crippen LogP contribution in [-0.4, -0.2) is 98.1 Å². The van der Waals surface area contributed by atoms with Crippen LogP contribution < -0.4 is 10.4 Å². The molecule has 2 rings (SSSR count). The highest BCUT2D eigenvalue weighted by Gasteiger charge is 2.69. The molecule has 0 amide bonds. The van der Waals surface area contributed by atoms with Gasteiger partial charge in [0.2, 0.25) is 22.5 Å². The molecule has 9 nitrogen and oxygen atoms in total. The minimum atomic E-state index is -7.03. The SMILES string of the molecule is FC(F)=C(F)[Si](O[SiH3])(O[SiH3])O[Si](O[SiH3])(O[Si](O[SiH3])(O[Si](O[SiH3])(O[SiH3])c1c(F)c(F)c(F)c(F)c1F)C(F)=C(F)F)c1c(F)c(F)c(F)c(F)c1F. The van der Waals surface area contributed by atoms with Crippen LogP contribution in [0.5, 0.6) is 0 Å². The molecule has 0 aromatic heterocycles. The summed E-state index contributed by atoms with van der Waals surface area (Å²) in [6.07, 6.45) is -6.97. The highest BCUT2D eigenvalue weighted by molar-refractivity contribution is 6.96. The van der Waals surface area contributed by atoms with E-state index in [-0.39, 0.29) is 0 Å². The summed E-state index contributed by atoms with van der Waals surface area (Å²) in [6, 6.07) is 0. The van der Waals surface area contributed by atoms with Crippen LogP contribution in [0, 0.1) is 58.2 Å². The maximum atomic E-state index is 15.7. The first kappa shape index (κ1) is 45.8. The quantitative estimate of drug-likeness (QED) is 0.0759. The fourth-order valence-corrected chi connectivity index (χ4v) is 31.1. The van der Waals surface area contributed by atoms with E-state index >= 15 is 22.0 Å². The van der Waals surface area contributed by atoms with Gasteiger partial charge < -0.3 is 37.0 Å². The standard InChI is InChI=1S/C16H18F16O9Si10/c17-1-3(19)7(23)11(8(24)4(1)20)48(33-42,34-43)39-51(38-47,16(32)14(29)30)41-49(35-44,40-50(36-45,37-46)15(31)13(27)28)12-9(25)5(21)2(18)6(22)10(12)26/h42-47H3. The van der Waals surface area contributed by atoms with Gasteiger partial charge in [-0.05, 0) is 0 Å². The number of halogens is 16. The second kappa shape index (κ2) is 17.4. The van der Waals surface area contributed by atoms with Crippen molar-refractivity contribution in [3.63, 3.8) is 0 Å². The second-order valence-electron chi connectivity index (χ2n) is 8.79.